The van der Waals surface area contributed by atoms with Crippen molar-refractivity contribution in [3.63, 3.8) is 0 Å². The zero-order valence-electron chi connectivity index (χ0n) is 6.45. The molecule has 0 spiro atoms. The van der Waals surface area contributed by atoms with Crippen LogP contribution in [0.2, 0.25) is 0 Å². The van der Waals surface area contributed by atoms with E-state index in [-0.39, 0.29) is 0 Å². The zero-order chi connectivity index (χ0) is 10.3. The Morgan fingerprint density at radius 3 is 1.54 bits per heavy atom. The fourth-order valence-corrected chi connectivity index (χ4v) is 0.997. The van der Waals surface area contributed by atoms with Gasteiger partial charge in [-0.1, -0.05) is 12.1 Å². The minimum absolute atomic E-state index is 1.61. The van der Waals surface area contributed by atoms with E-state index in [0.29, 0.717) is 0 Å². The van der Waals surface area contributed by atoms with E-state index >= 15 is 0 Å². The van der Waals surface area contributed by atoms with Crippen molar-refractivity contribution in [2.45, 2.75) is 0 Å². The topological polar surface area (TPSA) is 94.8 Å². The summed E-state index contributed by atoms with van der Waals surface area (Å²) in [4.78, 5) is 15.9. The molecule has 3 N–H and O–H groups in total. The minimum Gasteiger partial charge on any atom is -0.500 e. The van der Waals surface area contributed by atoms with Crippen LogP contribution in [0.15, 0.2) is 22.9 Å². The summed E-state index contributed by atoms with van der Waals surface area (Å²) in [6.45, 7) is 0. The number of carbonyl (C=O) groups is 2. The lowest BCUT2D eigenvalue weighted by Gasteiger charge is -1.86. The standard InChI is InChI=1S/C4H4S.2CHO2.Al.H2O/c1-2-4-5-3-1;2*2-1-3;;/h1-4H;2*(H,2,3);;1H2/q;;;+1;/p-1. The second-order valence-electron chi connectivity index (χ2n) is 1.87. The fourth-order valence-electron chi connectivity index (χ4n) is 0.332. The molecule has 0 saturated heterocycles. The van der Waals surface area contributed by atoms with Crippen molar-refractivity contribution in [2.75, 3.05) is 0 Å². The molecule has 13 heavy (non-hydrogen) atoms. The predicted molar refractivity (Wildman–Crippen MR) is 48.3 cm³/mol. The zero-order valence-corrected chi connectivity index (χ0v) is 8.42. The van der Waals surface area contributed by atoms with Crippen molar-refractivity contribution >= 4 is 35.5 Å². The summed E-state index contributed by atoms with van der Waals surface area (Å²) in [7, 11) is 0. The summed E-state index contributed by atoms with van der Waals surface area (Å²) in [5.41, 5.74) is 0. The van der Waals surface area contributed by atoms with Gasteiger partial charge in [0.2, 0.25) is 0 Å². The molecule has 1 aromatic rings. The molecule has 0 unspecified atom stereocenters. The van der Waals surface area contributed by atoms with Gasteiger partial charge in [-0.3, -0.25) is 9.59 Å². The van der Waals surface area contributed by atoms with Gasteiger partial charge in [-0.2, -0.15) is 11.3 Å². The Morgan fingerprint density at radius 2 is 1.46 bits per heavy atom. The van der Waals surface area contributed by atoms with Gasteiger partial charge in [-0.05, 0) is 10.8 Å². The molecule has 0 fully saturated rings. The summed E-state index contributed by atoms with van der Waals surface area (Å²) in [5.74, 6) is 0. The van der Waals surface area contributed by atoms with Crippen molar-refractivity contribution < 1.29 is 24.0 Å². The van der Waals surface area contributed by atoms with E-state index in [2.05, 4.69) is 0 Å². The van der Waals surface area contributed by atoms with Crippen LogP contribution >= 0.6 is 11.3 Å². The molecule has 5 nitrogen and oxygen atoms in total. The Hall–Kier alpha value is -0.868. The Bertz CT molecular complexity index is 229. The van der Waals surface area contributed by atoms with E-state index in [0.717, 1.165) is 0 Å². The van der Waals surface area contributed by atoms with Gasteiger partial charge in [0.15, 0.2) is 0 Å². The molecule has 0 amide bonds. The van der Waals surface area contributed by atoms with Gasteiger partial charge in [-0.15, -0.1) is 0 Å². The van der Waals surface area contributed by atoms with Crippen molar-refractivity contribution in [3.8, 4) is 0 Å². The van der Waals surface area contributed by atoms with Crippen molar-refractivity contribution in [1.29, 1.82) is 0 Å². The van der Waals surface area contributed by atoms with Crippen molar-refractivity contribution in [3.05, 3.63) is 22.9 Å². The summed E-state index contributed by atoms with van der Waals surface area (Å²) >= 11 is -1.80. The predicted octanol–water partition coefficient (Wildman–Crippen LogP) is 1.24. The first-order valence-electron chi connectivity index (χ1n) is 3.16. The summed E-state index contributed by atoms with van der Waals surface area (Å²) in [6.07, 6.45) is 0. The van der Waals surface area contributed by atoms with E-state index < -0.39 is 24.1 Å². The summed E-state index contributed by atoms with van der Waals surface area (Å²) in [5, 5.41) is 19.6. The Kier molecular flexibility index (Phi) is 6.18. The van der Waals surface area contributed by atoms with Gasteiger partial charge in [0.1, 0.15) is 0 Å². The van der Waals surface area contributed by atoms with Crippen molar-refractivity contribution in [1.82, 2.24) is 0 Å². The molecular weight excluding hydrogens is 211 g/mol. The van der Waals surface area contributed by atoms with Crippen LogP contribution in [-0.4, -0.2) is 38.5 Å². The summed E-state index contributed by atoms with van der Waals surface area (Å²) < 4.78 is 8.14. The Morgan fingerprint density at radius 1 is 1.08 bits per heavy atom. The molecule has 0 saturated carbocycles. The Labute approximate surface area is 82.6 Å². The monoisotopic (exact) mass is 218 g/mol. The highest BCUT2D eigenvalue weighted by Crippen LogP contribution is 1.91. The smallest absolute Gasteiger partial charge is 0.500 e. The molecule has 0 aliphatic heterocycles. The quantitative estimate of drug-likeness (QED) is 0.649. The maximum absolute atomic E-state index is 9.57. The van der Waals surface area contributed by atoms with Crippen LogP contribution < -0.4 is 0 Å². The number of hydrogen-bond donors (Lipinski definition) is 3. The molecule has 0 aliphatic carbocycles. The maximum Gasteiger partial charge on any atom is 0.764 e. The van der Waals surface area contributed by atoms with Gasteiger partial charge < -0.3 is 14.4 Å². The normalized spacial score (nSPS) is 8.08. The molecule has 0 radical (unpaired) electrons. The van der Waals surface area contributed by atoms with Crippen LogP contribution in [0.25, 0.3) is 0 Å². The molecule has 0 aromatic carbocycles. The average Bonchev–Trinajstić information content (AvgIpc) is 2.59. The lowest BCUT2D eigenvalue weighted by Crippen LogP contribution is -2.32. The van der Waals surface area contributed by atoms with Gasteiger partial charge in [0.25, 0.3) is 9.66 Å². The highest BCUT2D eigenvalue weighted by molar-refractivity contribution is 7.07. The molecule has 70 valence electrons. The largest absolute Gasteiger partial charge is 0.764 e. The van der Waals surface area contributed by atoms with Gasteiger partial charge in [-0.25, -0.2) is 0 Å². The van der Waals surface area contributed by atoms with E-state index in [1.807, 2.05) is 22.9 Å². The SMILES string of the molecule is O=[C](O)[Al]([OH])[C](=O)O.c1ccsc1. The van der Waals surface area contributed by atoms with Gasteiger partial charge in [0, 0.05) is 0 Å². The first-order chi connectivity index (χ1) is 6.05. The molecule has 1 aromatic heterocycles. The van der Waals surface area contributed by atoms with Crippen LogP contribution in [0.3, 0.4) is 0 Å². The number of hydrogen-bond acceptors (Lipinski definition) is 4. The molecule has 0 bridgehead atoms. The first-order valence-corrected chi connectivity index (χ1v) is 5.78. The van der Waals surface area contributed by atoms with Crippen LogP contribution in [-0.2, 0) is 0 Å². The molecule has 7 heteroatoms. The third kappa shape index (κ3) is 6.31. The molecule has 0 atom stereocenters. The number of thiophene rings is 1. The lowest BCUT2D eigenvalue weighted by atomic mass is 10.7. The lowest BCUT2D eigenvalue weighted by molar-refractivity contribution is 0.204. The molecular formula is C6H7AlO5S. The van der Waals surface area contributed by atoms with Crippen molar-refractivity contribution in [2.24, 2.45) is 0 Å². The minimum atomic E-state index is -3.52. The fraction of sp³-hybridized carbons (Fsp3) is 0. The highest BCUT2D eigenvalue weighted by atomic mass is 32.1. The molecule has 0 aliphatic rings. The number of rotatable bonds is 2. The number of carboxylic acid groups (broad SMARTS) is 2. The van der Waals surface area contributed by atoms with Crippen LogP contribution in [0, 0.1) is 0 Å². The average molecular weight is 218 g/mol. The van der Waals surface area contributed by atoms with E-state index in [4.69, 9.17) is 14.4 Å². The molecule has 1 rings (SSSR count). The van der Waals surface area contributed by atoms with Crippen LogP contribution in [0.1, 0.15) is 0 Å². The van der Waals surface area contributed by atoms with E-state index in [1.54, 1.807) is 11.3 Å². The van der Waals surface area contributed by atoms with E-state index in [1.165, 1.54) is 0 Å². The molecule has 1 heterocycles. The Balaban J connectivity index is 0.000000243. The summed E-state index contributed by atoms with van der Waals surface area (Å²) in [6, 6.07) is 4.04. The van der Waals surface area contributed by atoms with Crippen LogP contribution in [0.5, 0.6) is 0 Å². The van der Waals surface area contributed by atoms with Gasteiger partial charge >= 0.3 is 14.5 Å². The third-order valence-corrected chi connectivity index (χ3v) is 2.46. The third-order valence-electron chi connectivity index (χ3n) is 0.893. The first kappa shape index (κ1) is 12.1. The van der Waals surface area contributed by atoms with Crippen LogP contribution in [0.4, 0.5) is 9.59 Å². The highest BCUT2D eigenvalue weighted by Gasteiger charge is 2.38. The van der Waals surface area contributed by atoms with E-state index in [9.17, 15) is 9.59 Å². The maximum atomic E-state index is 9.57. The van der Waals surface area contributed by atoms with Gasteiger partial charge in [0.05, 0.1) is 0 Å². The second-order valence-corrected chi connectivity index (χ2v) is 4.48. The second kappa shape index (κ2) is 6.63.